The molecule has 124 valence electrons. The second kappa shape index (κ2) is 10.2. The van der Waals surface area contributed by atoms with Crippen LogP contribution in [0.5, 0.6) is 0 Å². The van der Waals surface area contributed by atoms with E-state index in [1.54, 1.807) is 30.3 Å². The molecule has 0 aromatic heterocycles. The third-order valence-corrected chi connectivity index (χ3v) is 2.75. The molecule has 1 aromatic rings. The zero-order chi connectivity index (χ0) is 17.1. The van der Waals surface area contributed by atoms with Crippen LogP contribution in [0.1, 0.15) is 32.3 Å². The number of benzene rings is 1. The Labute approximate surface area is 135 Å². The second-order valence-electron chi connectivity index (χ2n) is 4.90. The number of rotatable bonds is 8. The number of esters is 1. The molecule has 0 atom stereocenters. The summed E-state index contributed by atoms with van der Waals surface area (Å²) in [6, 6.07) is 7.08. The predicted octanol–water partition coefficient (Wildman–Crippen LogP) is 2.12. The minimum absolute atomic E-state index is 0.134. The van der Waals surface area contributed by atoms with Crippen molar-refractivity contribution >= 4 is 29.5 Å². The van der Waals surface area contributed by atoms with Crippen molar-refractivity contribution in [3.05, 3.63) is 35.9 Å². The molecule has 0 aliphatic heterocycles. The first-order chi connectivity index (χ1) is 11.0. The molecule has 0 aliphatic carbocycles. The van der Waals surface area contributed by atoms with Crippen molar-refractivity contribution < 1.29 is 19.1 Å². The van der Waals surface area contributed by atoms with Crippen molar-refractivity contribution in [2.75, 3.05) is 18.5 Å². The topological polar surface area (TPSA) is 84.5 Å². The highest BCUT2D eigenvalue weighted by molar-refractivity contribution is 5.92. The Hall–Kier alpha value is -2.63. The Bertz CT molecular complexity index is 564. The van der Waals surface area contributed by atoms with Crippen molar-refractivity contribution in [1.82, 2.24) is 5.32 Å². The number of nitrogens with one attached hydrogen (secondary N) is 2. The summed E-state index contributed by atoms with van der Waals surface area (Å²) >= 11 is 0. The molecule has 0 radical (unpaired) electrons. The zero-order valence-electron chi connectivity index (χ0n) is 13.4. The average Bonchev–Trinajstić information content (AvgIpc) is 2.51. The Morgan fingerprint density at radius 3 is 2.48 bits per heavy atom. The van der Waals surface area contributed by atoms with Gasteiger partial charge in [0.25, 0.3) is 0 Å². The first-order valence-electron chi connectivity index (χ1n) is 7.50. The zero-order valence-corrected chi connectivity index (χ0v) is 13.4. The lowest BCUT2D eigenvalue weighted by atomic mass is 10.2. The van der Waals surface area contributed by atoms with Gasteiger partial charge in [-0.3, -0.25) is 14.4 Å². The normalized spacial score (nSPS) is 10.3. The minimum atomic E-state index is -0.315. The largest absolute Gasteiger partial charge is 0.466 e. The average molecular weight is 318 g/mol. The van der Waals surface area contributed by atoms with E-state index in [1.807, 2.05) is 6.92 Å². The van der Waals surface area contributed by atoms with Crippen molar-refractivity contribution in [1.29, 1.82) is 0 Å². The van der Waals surface area contributed by atoms with Crippen LogP contribution < -0.4 is 10.6 Å². The number of anilines is 1. The van der Waals surface area contributed by atoms with Crippen LogP contribution in [0.15, 0.2) is 30.3 Å². The summed E-state index contributed by atoms with van der Waals surface area (Å²) in [6.07, 6.45) is 3.99. The van der Waals surface area contributed by atoms with E-state index in [0.29, 0.717) is 12.3 Å². The van der Waals surface area contributed by atoms with E-state index in [1.165, 1.54) is 13.0 Å². The smallest absolute Gasteiger partial charge is 0.307 e. The van der Waals surface area contributed by atoms with Crippen molar-refractivity contribution in [2.24, 2.45) is 0 Å². The van der Waals surface area contributed by atoms with Crippen LogP contribution in [0, 0.1) is 0 Å². The van der Waals surface area contributed by atoms with Gasteiger partial charge in [-0.15, -0.1) is 0 Å². The van der Waals surface area contributed by atoms with E-state index in [2.05, 4.69) is 10.6 Å². The van der Waals surface area contributed by atoms with Gasteiger partial charge < -0.3 is 15.4 Å². The highest BCUT2D eigenvalue weighted by Gasteiger charge is 2.02. The van der Waals surface area contributed by atoms with Crippen LogP contribution in [0.25, 0.3) is 6.08 Å². The van der Waals surface area contributed by atoms with Crippen LogP contribution >= 0.6 is 0 Å². The Morgan fingerprint density at radius 2 is 1.87 bits per heavy atom. The van der Waals surface area contributed by atoms with Gasteiger partial charge in [-0.25, -0.2) is 0 Å². The lowest BCUT2D eigenvalue weighted by molar-refractivity contribution is -0.143. The highest BCUT2D eigenvalue weighted by Crippen LogP contribution is 2.10. The van der Waals surface area contributed by atoms with E-state index in [0.717, 1.165) is 12.0 Å². The van der Waals surface area contributed by atoms with Crippen LogP contribution in [-0.2, 0) is 19.1 Å². The number of ether oxygens (including phenoxy) is 1. The van der Waals surface area contributed by atoms with Gasteiger partial charge in [0.1, 0.15) is 0 Å². The molecule has 6 heteroatoms. The molecule has 0 heterocycles. The molecule has 0 fully saturated rings. The lowest BCUT2D eigenvalue weighted by Crippen LogP contribution is -2.24. The Morgan fingerprint density at radius 1 is 1.17 bits per heavy atom. The summed E-state index contributed by atoms with van der Waals surface area (Å²) in [4.78, 5) is 33.8. The van der Waals surface area contributed by atoms with Crippen LogP contribution in [0.4, 0.5) is 5.69 Å². The third-order valence-electron chi connectivity index (χ3n) is 2.75. The summed E-state index contributed by atoms with van der Waals surface area (Å²) in [6.45, 7) is 4.01. The van der Waals surface area contributed by atoms with E-state index in [9.17, 15) is 14.4 Å². The van der Waals surface area contributed by atoms with E-state index in [4.69, 9.17) is 4.74 Å². The minimum Gasteiger partial charge on any atom is -0.466 e. The number of amides is 2. The van der Waals surface area contributed by atoms with Gasteiger partial charge in [-0.2, -0.15) is 0 Å². The van der Waals surface area contributed by atoms with E-state index in [-0.39, 0.29) is 30.7 Å². The fourth-order valence-electron chi connectivity index (χ4n) is 1.69. The van der Waals surface area contributed by atoms with Crippen molar-refractivity contribution in [3.8, 4) is 0 Å². The van der Waals surface area contributed by atoms with E-state index >= 15 is 0 Å². The molecular formula is C17H22N2O4. The van der Waals surface area contributed by atoms with Crippen molar-refractivity contribution in [2.45, 2.75) is 26.7 Å². The molecule has 2 amide bonds. The van der Waals surface area contributed by atoms with Gasteiger partial charge in [-0.1, -0.05) is 19.1 Å². The van der Waals surface area contributed by atoms with E-state index < -0.39 is 0 Å². The standard InChI is InChI=1S/C17H22N2O4/c1-3-12-23-17(22)10-11-18-16(21)9-6-14-4-7-15(8-5-14)19-13(2)20/h4-9H,3,10-12H2,1-2H3,(H,18,21)(H,19,20). The molecule has 0 bridgehead atoms. The molecule has 1 rings (SSSR count). The SMILES string of the molecule is CCCOC(=O)CCNC(=O)C=Cc1ccc(NC(C)=O)cc1. The first-order valence-corrected chi connectivity index (χ1v) is 7.50. The van der Waals surface area contributed by atoms with Gasteiger partial charge in [0, 0.05) is 25.2 Å². The Balaban J connectivity index is 2.34. The summed E-state index contributed by atoms with van der Waals surface area (Å²) in [5.74, 6) is -0.728. The summed E-state index contributed by atoms with van der Waals surface area (Å²) in [5, 5.41) is 5.28. The quantitative estimate of drug-likeness (QED) is 0.568. The number of carbonyl (C=O) groups is 3. The lowest BCUT2D eigenvalue weighted by Gasteiger charge is -2.04. The van der Waals surface area contributed by atoms with Gasteiger partial charge in [-0.05, 0) is 30.2 Å². The monoisotopic (exact) mass is 318 g/mol. The molecular weight excluding hydrogens is 296 g/mol. The maximum atomic E-state index is 11.6. The molecule has 0 unspecified atom stereocenters. The Kier molecular flexibility index (Phi) is 8.13. The van der Waals surface area contributed by atoms with Crippen molar-refractivity contribution in [3.63, 3.8) is 0 Å². The number of hydrogen-bond donors (Lipinski definition) is 2. The van der Waals surface area contributed by atoms with Crippen LogP contribution in [0.3, 0.4) is 0 Å². The fraction of sp³-hybridized carbons (Fsp3) is 0.353. The molecule has 0 aliphatic rings. The number of hydrogen-bond acceptors (Lipinski definition) is 4. The highest BCUT2D eigenvalue weighted by atomic mass is 16.5. The maximum absolute atomic E-state index is 11.6. The third kappa shape index (κ3) is 8.40. The van der Waals surface area contributed by atoms with Gasteiger partial charge in [0.05, 0.1) is 13.0 Å². The summed E-state index contributed by atoms with van der Waals surface area (Å²) in [5.41, 5.74) is 1.53. The molecule has 0 saturated heterocycles. The number of carbonyl (C=O) groups excluding carboxylic acids is 3. The summed E-state index contributed by atoms with van der Waals surface area (Å²) < 4.78 is 4.90. The molecule has 6 nitrogen and oxygen atoms in total. The predicted molar refractivity (Wildman–Crippen MR) is 88.7 cm³/mol. The van der Waals surface area contributed by atoms with Crippen LogP contribution in [-0.4, -0.2) is 30.9 Å². The molecule has 23 heavy (non-hydrogen) atoms. The second-order valence-corrected chi connectivity index (χ2v) is 4.90. The summed E-state index contributed by atoms with van der Waals surface area (Å²) in [7, 11) is 0. The van der Waals surface area contributed by atoms with Gasteiger partial charge in [0.2, 0.25) is 11.8 Å². The molecule has 2 N–H and O–H groups in total. The maximum Gasteiger partial charge on any atom is 0.307 e. The fourth-order valence-corrected chi connectivity index (χ4v) is 1.69. The van der Waals surface area contributed by atoms with Crippen LogP contribution in [0.2, 0.25) is 0 Å². The molecule has 0 spiro atoms. The van der Waals surface area contributed by atoms with Gasteiger partial charge >= 0.3 is 5.97 Å². The first kappa shape index (κ1) is 18.4. The van der Waals surface area contributed by atoms with Gasteiger partial charge in [0.15, 0.2) is 0 Å². The molecule has 1 aromatic carbocycles. The molecule has 0 saturated carbocycles.